The molecule has 0 spiro atoms. The summed E-state index contributed by atoms with van der Waals surface area (Å²) in [6, 6.07) is 15.6. The number of hydrogen-bond acceptors (Lipinski definition) is 5. The highest BCUT2D eigenvalue weighted by molar-refractivity contribution is 7.99. The lowest BCUT2D eigenvalue weighted by Gasteiger charge is -2.14. The van der Waals surface area contributed by atoms with Crippen LogP contribution in [0.1, 0.15) is 30.0 Å². The fraction of sp³-hybridized carbons (Fsp3) is 0.286. The number of amides is 1. The van der Waals surface area contributed by atoms with Crippen LogP contribution in [0.25, 0.3) is 0 Å². The van der Waals surface area contributed by atoms with Crippen LogP contribution in [0.4, 0.5) is 5.69 Å². The highest BCUT2D eigenvalue weighted by Crippen LogP contribution is 2.24. The Bertz CT molecular complexity index is 956. The van der Waals surface area contributed by atoms with Crippen LogP contribution in [0.5, 0.6) is 5.75 Å². The average molecular weight is 397 g/mol. The number of para-hydroxylation sites is 1. The maximum atomic E-state index is 12.3. The van der Waals surface area contributed by atoms with E-state index in [1.54, 1.807) is 0 Å². The Balaban J connectivity index is 1.58. The number of anilines is 1. The van der Waals surface area contributed by atoms with Crippen molar-refractivity contribution in [2.45, 2.75) is 32.0 Å². The van der Waals surface area contributed by atoms with E-state index in [-0.39, 0.29) is 17.8 Å². The van der Waals surface area contributed by atoms with Crippen LogP contribution in [0, 0.1) is 13.8 Å². The number of nitrogens with zero attached hydrogens (tertiary/aromatic N) is 3. The summed E-state index contributed by atoms with van der Waals surface area (Å²) in [6.45, 7) is 5.94. The molecule has 6 nitrogen and oxygen atoms in total. The minimum absolute atomic E-state index is 0.0740. The van der Waals surface area contributed by atoms with Gasteiger partial charge >= 0.3 is 0 Å². The first-order valence-corrected chi connectivity index (χ1v) is 10.0. The lowest BCUT2D eigenvalue weighted by atomic mass is 10.1. The molecule has 1 heterocycles. The van der Waals surface area contributed by atoms with E-state index in [2.05, 4.69) is 15.5 Å². The van der Waals surface area contributed by atoms with Crippen LogP contribution in [0.2, 0.25) is 0 Å². The summed E-state index contributed by atoms with van der Waals surface area (Å²) in [6.07, 6.45) is -0.252. The standard InChI is InChI=1S/C21H24N4O2S/c1-14-10-11-18(15(2)12-14)22-19(26)13-28-21-24-23-20(25(21)4)16(3)27-17-8-6-5-7-9-17/h5-12,16H,13H2,1-4H3,(H,22,26). The van der Waals surface area contributed by atoms with E-state index in [0.717, 1.165) is 17.0 Å². The highest BCUT2D eigenvalue weighted by atomic mass is 32.2. The predicted molar refractivity (Wildman–Crippen MR) is 112 cm³/mol. The second kappa shape index (κ2) is 8.93. The largest absolute Gasteiger partial charge is 0.483 e. The van der Waals surface area contributed by atoms with E-state index in [4.69, 9.17) is 4.74 Å². The molecule has 1 aromatic heterocycles. The molecule has 0 aliphatic rings. The Morgan fingerprint density at radius 1 is 1.18 bits per heavy atom. The molecule has 0 aliphatic carbocycles. The van der Waals surface area contributed by atoms with Gasteiger partial charge < -0.3 is 14.6 Å². The van der Waals surface area contributed by atoms with Crippen molar-refractivity contribution in [3.63, 3.8) is 0 Å². The second-order valence-corrected chi connectivity index (χ2v) is 7.57. The number of rotatable bonds is 7. The number of hydrogen-bond donors (Lipinski definition) is 1. The lowest BCUT2D eigenvalue weighted by Crippen LogP contribution is -2.15. The molecule has 28 heavy (non-hydrogen) atoms. The maximum absolute atomic E-state index is 12.3. The van der Waals surface area contributed by atoms with Gasteiger partial charge in [-0.05, 0) is 44.5 Å². The van der Waals surface area contributed by atoms with E-state index >= 15 is 0 Å². The smallest absolute Gasteiger partial charge is 0.234 e. The molecular weight excluding hydrogens is 372 g/mol. The van der Waals surface area contributed by atoms with E-state index < -0.39 is 0 Å². The summed E-state index contributed by atoms with van der Waals surface area (Å²) in [5, 5.41) is 12.1. The Labute approximate surface area is 169 Å². The average Bonchev–Trinajstić information content (AvgIpc) is 3.04. The Morgan fingerprint density at radius 2 is 1.93 bits per heavy atom. The van der Waals surface area contributed by atoms with E-state index in [1.165, 1.54) is 17.3 Å². The monoisotopic (exact) mass is 396 g/mol. The normalized spacial score (nSPS) is 11.9. The van der Waals surface area contributed by atoms with Crippen molar-refractivity contribution < 1.29 is 9.53 Å². The molecule has 1 N–H and O–H groups in total. The number of thioether (sulfide) groups is 1. The summed E-state index contributed by atoms with van der Waals surface area (Å²) in [5.74, 6) is 1.67. The number of carbonyl (C=O) groups is 1. The van der Waals surface area contributed by atoms with Gasteiger partial charge in [-0.15, -0.1) is 10.2 Å². The van der Waals surface area contributed by atoms with Crippen LogP contribution in [0.15, 0.2) is 53.7 Å². The first-order valence-electron chi connectivity index (χ1n) is 9.05. The highest BCUT2D eigenvalue weighted by Gasteiger charge is 2.18. The molecule has 0 radical (unpaired) electrons. The molecule has 3 rings (SSSR count). The molecule has 7 heteroatoms. The van der Waals surface area contributed by atoms with Gasteiger partial charge in [0.2, 0.25) is 5.91 Å². The zero-order valence-electron chi connectivity index (χ0n) is 16.5. The van der Waals surface area contributed by atoms with Gasteiger partial charge in [0.1, 0.15) is 5.75 Å². The Hall–Kier alpha value is -2.80. The van der Waals surface area contributed by atoms with E-state index in [0.29, 0.717) is 11.0 Å². The first-order chi connectivity index (χ1) is 13.4. The molecule has 0 aliphatic heterocycles. The van der Waals surface area contributed by atoms with Gasteiger partial charge in [-0.3, -0.25) is 4.79 Å². The molecule has 0 fully saturated rings. The summed E-state index contributed by atoms with van der Waals surface area (Å²) >= 11 is 1.35. The number of aryl methyl sites for hydroxylation is 2. The van der Waals surface area contributed by atoms with Gasteiger partial charge in [0.25, 0.3) is 0 Å². The van der Waals surface area contributed by atoms with Crippen molar-refractivity contribution in [2.24, 2.45) is 7.05 Å². The van der Waals surface area contributed by atoms with Crippen molar-refractivity contribution in [1.29, 1.82) is 0 Å². The van der Waals surface area contributed by atoms with Gasteiger partial charge in [0.15, 0.2) is 17.1 Å². The van der Waals surface area contributed by atoms with Crippen molar-refractivity contribution >= 4 is 23.4 Å². The van der Waals surface area contributed by atoms with E-state index in [9.17, 15) is 4.79 Å². The minimum Gasteiger partial charge on any atom is -0.483 e. The quantitative estimate of drug-likeness (QED) is 0.603. The van der Waals surface area contributed by atoms with Crippen molar-refractivity contribution in [2.75, 3.05) is 11.1 Å². The topological polar surface area (TPSA) is 69.0 Å². The molecule has 0 saturated carbocycles. The number of carbonyl (C=O) groups excluding carboxylic acids is 1. The molecular formula is C21H24N4O2S. The number of benzene rings is 2. The van der Waals surface area contributed by atoms with Crippen LogP contribution in [0.3, 0.4) is 0 Å². The van der Waals surface area contributed by atoms with Crippen molar-refractivity contribution in [3.8, 4) is 5.75 Å². The van der Waals surface area contributed by atoms with Crippen LogP contribution >= 0.6 is 11.8 Å². The molecule has 2 aromatic carbocycles. The minimum atomic E-state index is -0.252. The fourth-order valence-corrected chi connectivity index (χ4v) is 3.55. The summed E-state index contributed by atoms with van der Waals surface area (Å²) in [5.41, 5.74) is 3.05. The first kappa shape index (κ1) is 19.9. The van der Waals surface area contributed by atoms with E-state index in [1.807, 2.05) is 80.9 Å². The third-order valence-electron chi connectivity index (χ3n) is 4.28. The van der Waals surface area contributed by atoms with Gasteiger partial charge in [-0.1, -0.05) is 47.7 Å². The molecule has 3 aromatic rings. The summed E-state index contributed by atoms with van der Waals surface area (Å²) in [7, 11) is 1.88. The van der Waals surface area contributed by atoms with Crippen LogP contribution in [-0.2, 0) is 11.8 Å². The predicted octanol–water partition coefficient (Wildman–Crippen LogP) is 4.30. The zero-order chi connectivity index (χ0) is 20.1. The second-order valence-electron chi connectivity index (χ2n) is 6.63. The summed E-state index contributed by atoms with van der Waals surface area (Å²) in [4.78, 5) is 12.3. The lowest BCUT2D eigenvalue weighted by molar-refractivity contribution is -0.113. The third-order valence-corrected chi connectivity index (χ3v) is 5.30. The molecule has 1 amide bonds. The fourth-order valence-electron chi connectivity index (χ4n) is 2.83. The molecule has 0 saturated heterocycles. The molecule has 1 atom stereocenters. The van der Waals surface area contributed by atoms with Gasteiger partial charge in [-0.2, -0.15) is 0 Å². The molecule has 1 unspecified atom stereocenters. The zero-order valence-corrected chi connectivity index (χ0v) is 17.3. The van der Waals surface area contributed by atoms with Gasteiger partial charge in [0, 0.05) is 12.7 Å². The van der Waals surface area contributed by atoms with Crippen molar-refractivity contribution in [3.05, 3.63) is 65.5 Å². The molecule has 0 bridgehead atoms. The Morgan fingerprint density at radius 3 is 2.64 bits per heavy atom. The van der Waals surface area contributed by atoms with Crippen LogP contribution < -0.4 is 10.1 Å². The number of ether oxygens (including phenoxy) is 1. The number of nitrogens with one attached hydrogen (secondary N) is 1. The number of aromatic nitrogens is 3. The SMILES string of the molecule is Cc1ccc(NC(=O)CSc2nnc(C(C)Oc3ccccc3)n2C)c(C)c1. The summed E-state index contributed by atoms with van der Waals surface area (Å²) < 4.78 is 7.77. The maximum Gasteiger partial charge on any atom is 0.234 e. The third kappa shape index (κ3) is 4.92. The van der Waals surface area contributed by atoms with Crippen LogP contribution in [-0.4, -0.2) is 26.4 Å². The van der Waals surface area contributed by atoms with Gasteiger partial charge in [0.05, 0.1) is 5.75 Å². The van der Waals surface area contributed by atoms with Gasteiger partial charge in [-0.25, -0.2) is 0 Å². The molecule has 146 valence electrons. The Kier molecular flexibility index (Phi) is 6.36. The van der Waals surface area contributed by atoms with Crippen molar-refractivity contribution in [1.82, 2.24) is 14.8 Å².